The molecule has 0 spiro atoms. The third-order valence-corrected chi connectivity index (χ3v) is 3.43. The van der Waals surface area contributed by atoms with E-state index in [0.717, 1.165) is 25.1 Å². The molecule has 1 aliphatic carbocycles. The minimum Gasteiger partial charge on any atom is -0.465 e. The van der Waals surface area contributed by atoms with Crippen LogP contribution in [0.1, 0.15) is 39.4 Å². The normalized spacial score (nSPS) is 18.1. The number of imidazole rings is 1. The highest BCUT2D eigenvalue weighted by atomic mass is 16.5. The van der Waals surface area contributed by atoms with Crippen molar-refractivity contribution in [3.05, 3.63) is 18.2 Å². The first-order chi connectivity index (χ1) is 9.09. The molecule has 2 rings (SSSR count). The zero-order valence-corrected chi connectivity index (χ0v) is 12.0. The van der Waals surface area contributed by atoms with E-state index in [1.54, 1.807) is 6.20 Å². The van der Waals surface area contributed by atoms with Crippen LogP contribution >= 0.6 is 0 Å². The lowest BCUT2D eigenvalue weighted by molar-refractivity contribution is -0.151. The van der Waals surface area contributed by atoms with Gasteiger partial charge in [-0.3, -0.25) is 5.32 Å². The fraction of sp³-hybridized carbons (Fsp3) is 0.714. The third kappa shape index (κ3) is 3.35. The number of nitrogens with one attached hydrogen (secondary N) is 1. The molecule has 19 heavy (non-hydrogen) atoms. The van der Waals surface area contributed by atoms with Crippen molar-refractivity contribution in [1.29, 1.82) is 0 Å². The van der Waals surface area contributed by atoms with Crippen molar-refractivity contribution in [2.45, 2.75) is 58.2 Å². The van der Waals surface area contributed by atoms with E-state index < -0.39 is 5.54 Å². The Labute approximate surface area is 114 Å². The topological polar surface area (TPSA) is 56.2 Å². The van der Waals surface area contributed by atoms with Gasteiger partial charge in [-0.15, -0.1) is 0 Å². The fourth-order valence-electron chi connectivity index (χ4n) is 2.28. The molecular formula is C14H23N3O2. The zero-order chi connectivity index (χ0) is 13.9. The summed E-state index contributed by atoms with van der Waals surface area (Å²) in [6, 6.07) is 0.447. The van der Waals surface area contributed by atoms with Gasteiger partial charge < -0.3 is 9.30 Å². The average molecular weight is 265 g/mol. The van der Waals surface area contributed by atoms with Crippen LogP contribution in [0.25, 0.3) is 0 Å². The van der Waals surface area contributed by atoms with Crippen LogP contribution < -0.4 is 5.32 Å². The standard InChI is InChI=1S/C14H23N3O2/c1-4-12-15-8-9-17(12)10-14(3,13(18)19-5-2)16-11-6-7-11/h8-9,11,16H,4-7,10H2,1-3H3. The van der Waals surface area contributed by atoms with E-state index in [2.05, 4.69) is 17.2 Å². The predicted molar refractivity (Wildman–Crippen MR) is 72.8 cm³/mol. The highest BCUT2D eigenvalue weighted by molar-refractivity contribution is 5.80. The SMILES string of the molecule is CCOC(=O)C(C)(Cn1ccnc1CC)NC1CC1. The van der Waals surface area contributed by atoms with Crippen molar-refractivity contribution in [2.75, 3.05) is 6.61 Å². The molecule has 1 aromatic rings. The maximum Gasteiger partial charge on any atom is 0.327 e. The molecule has 0 bridgehead atoms. The monoisotopic (exact) mass is 265 g/mol. The number of hydrogen-bond donors (Lipinski definition) is 1. The number of aryl methyl sites for hydroxylation is 1. The smallest absolute Gasteiger partial charge is 0.327 e. The number of carbonyl (C=O) groups excluding carboxylic acids is 1. The van der Waals surface area contributed by atoms with Crippen LogP contribution in [0.2, 0.25) is 0 Å². The molecule has 1 heterocycles. The Hall–Kier alpha value is -1.36. The number of rotatable bonds is 7. The summed E-state index contributed by atoms with van der Waals surface area (Å²) in [4.78, 5) is 16.5. The largest absolute Gasteiger partial charge is 0.465 e. The lowest BCUT2D eigenvalue weighted by Crippen LogP contribution is -2.54. The minimum atomic E-state index is -0.679. The van der Waals surface area contributed by atoms with Gasteiger partial charge in [-0.1, -0.05) is 6.92 Å². The molecule has 1 atom stereocenters. The number of hydrogen-bond acceptors (Lipinski definition) is 4. The van der Waals surface area contributed by atoms with Gasteiger partial charge in [-0.2, -0.15) is 0 Å². The second-order valence-corrected chi connectivity index (χ2v) is 5.30. The van der Waals surface area contributed by atoms with Crippen LogP contribution in [0.15, 0.2) is 12.4 Å². The van der Waals surface area contributed by atoms with E-state index in [1.165, 1.54) is 0 Å². The van der Waals surface area contributed by atoms with Crippen molar-refractivity contribution < 1.29 is 9.53 Å². The molecule has 0 saturated heterocycles. The van der Waals surface area contributed by atoms with Gasteiger partial charge in [-0.05, 0) is 26.7 Å². The lowest BCUT2D eigenvalue weighted by atomic mass is 10.0. The van der Waals surface area contributed by atoms with Crippen molar-refractivity contribution in [3.63, 3.8) is 0 Å². The predicted octanol–water partition coefficient (Wildman–Crippen LogP) is 1.52. The fourth-order valence-corrected chi connectivity index (χ4v) is 2.28. The second kappa shape index (κ2) is 5.74. The van der Waals surface area contributed by atoms with Crippen molar-refractivity contribution >= 4 is 5.97 Å². The number of carbonyl (C=O) groups is 1. The number of esters is 1. The zero-order valence-electron chi connectivity index (χ0n) is 12.0. The van der Waals surface area contributed by atoms with Crippen LogP contribution in [0.4, 0.5) is 0 Å². The maximum atomic E-state index is 12.2. The summed E-state index contributed by atoms with van der Waals surface area (Å²) in [7, 11) is 0. The summed E-state index contributed by atoms with van der Waals surface area (Å²) in [6.07, 6.45) is 6.83. The molecule has 0 aromatic carbocycles. The van der Waals surface area contributed by atoms with Crippen molar-refractivity contribution in [2.24, 2.45) is 0 Å². The molecule has 106 valence electrons. The van der Waals surface area contributed by atoms with Crippen molar-refractivity contribution in [1.82, 2.24) is 14.9 Å². The Bertz CT molecular complexity index is 440. The minimum absolute atomic E-state index is 0.183. The number of nitrogens with zero attached hydrogens (tertiary/aromatic N) is 2. The van der Waals surface area contributed by atoms with Gasteiger partial charge in [0.15, 0.2) is 0 Å². The van der Waals surface area contributed by atoms with E-state index in [0.29, 0.717) is 19.2 Å². The Morgan fingerprint density at radius 2 is 2.32 bits per heavy atom. The van der Waals surface area contributed by atoms with E-state index in [4.69, 9.17) is 4.74 Å². The van der Waals surface area contributed by atoms with Crippen LogP contribution in [-0.4, -0.2) is 33.7 Å². The molecule has 0 radical (unpaired) electrons. The quantitative estimate of drug-likeness (QED) is 0.759. The number of aromatic nitrogens is 2. The van der Waals surface area contributed by atoms with Crippen LogP contribution in [0, 0.1) is 0 Å². The Balaban J connectivity index is 2.14. The van der Waals surface area contributed by atoms with Gasteiger partial charge in [-0.25, -0.2) is 9.78 Å². The van der Waals surface area contributed by atoms with Gasteiger partial charge in [0.1, 0.15) is 11.4 Å². The average Bonchev–Trinajstić information content (AvgIpc) is 3.06. The summed E-state index contributed by atoms with van der Waals surface area (Å²) in [5.41, 5.74) is -0.679. The van der Waals surface area contributed by atoms with Gasteiger partial charge in [0, 0.05) is 24.9 Å². The summed E-state index contributed by atoms with van der Waals surface area (Å²) in [6.45, 7) is 6.79. The first-order valence-electron chi connectivity index (χ1n) is 7.04. The summed E-state index contributed by atoms with van der Waals surface area (Å²) < 4.78 is 7.26. The third-order valence-electron chi connectivity index (χ3n) is 3.43. The first kappa shape index (κ1) is 14.1. The molecule has 0 amide bonds. The Morgan fingerprint density at radius 3 is 2.89 bits per heavy atom. The lowest BCUT2D eigenvalue weighted by Gasteiger charge is -2.29. The molecule has 5 nitrogen and oxygen atoms in total. The summed E-state index contributed by atoms with van der Waals surface area (Å²) in [5.74, 6) is 0.811. The molecule has 1 aromatic heterocycles. The highest BCUT2D eigenvalue weighted by Crippen LogP contribution is 2.24. The van der Waals surface area contributed by atoms with E-state index in [-0.39, 0.29) is 5.97 Å². The van der Waals surface area contributed by atoms with Gasteiger partial charge in [0.2, 0.25) is 0 Å². The Morgan fingerprint density at radius 1 is 1.58 bits per heavy atom. The Kier molecular flexibility index (Phi) is 4.24. The van der Waals surface area contributed by atoms with Crippen molar-refractivity contribution in [3.8, 4) is 0 Å². The maximum absolute atomic E-state index is 12.2. The first-order valence-corrected chi connectivity index (χ1v) is 7.04. The highest BCUT2D eigenvalue weighted by Gasteiger charge is 2.40. The molecule has 5 heteroatoms. The van der Waals surface area contributed by atoms with Crippen LogP contribution in [-0.2, 0) is 22.5 Å². The molecular weight excluding hydrogens is 242 g/mol. The van der Waals surface area contributed by atoms with Crippen LogP contribution in [0.3, 0.4) is 0 Å². The van der Waals surface area contributed by atoms with Gasteiger partial charge in [0.25, 0.3) is 0 Å². The number of ether oxygens (including phenoxy) is 1. The van der Waals surface area contributed by atoms with Gasteiger partial charge >= 0.3 is 5.97 Å². The summed E-state index contributed by atoms with van der Waals surface area (Å²) in [5, 5.41) is 3.42. The molecule has 1 saturated carbocycles. The second-order valence-electron chi connectivity index (χ2n) is 5.30. The molecule has 1 fully saturated rings. The van der Waals surface area contributed by atoms with Gasteiger partial charge in [0.05, 0.1) is 13.2 Å². The van der Waals surface area contributed by atoms with E-state index in [9.17, 15) is 4.79 Å². The molecule has 1 unspecified atom stereocenters. The molecule has 1 N–H and O–H groups in total. The molecule has 0 aliphatic heterocycles. The molecule has 1 aliphatic rings. The summed E-state index contributed by atoms with van der Waals surface area (Å²) >= 11 is 0. The van der Waals surface area contributed by atoms with Crippen LogP contribution in [0.5, 0.6) is 0 Å². The van der Waals surface area contributed by atoms with E-state index >= 15 is 0 Å². The van der Waals surface area contributed by atoms with E-state index in [1.807, 2.05) is 24.6 Å².